The number of hydrogen-bond acceptors (Lipinski definition) is 6. The Labute approximate surface area is 144 Å². The Kier molecular flexibility index (Phi) is 4.84. The van der Waals surface area contributed by atoms with Crippen LogP contribution < -0.4 is 16.0 Å². The molecule has 0 radical (unpaired) electrons. The van der Waals surface area contributed by atoms with E-state index < -0.39 is 11.3 Å². The van der Waals surface area contributed by atoms with Crippen molar-refractivity contribution in [2.45, 2.75) is 36.2 Å². The number of para-hydroxylation sites is 1. The van der Waals surface area contributed by atoms with Crippen LogP contribution in [0.2, 0.25) is 0 Å². The van der Waals surface area contributed by atoms with Crippen LogP contribution in [0.25, 0.3) is 10.9 Å². The number of amides is 3. The number of aromatic nitrogens is 2. The minimum atomic E-state index is -0.525. The van der Waals surface area contributed by atoms with Crippen molar-refractivity contribution >= 4 is 40.4 Å². The van der Waals surface area contributed by atoms with Crippen LogP contribution in [0.15, 0.2) is 29.4 Å². The Balaban J connectivity index is 1.81. The monoisotopic (exact) mass is 345 g/mol. The number of benzene rings is 1. The second-order valence-electron chi connectivity index (χ2n) is 5.62. The van der Waals surface area contributed by atoms with Gasteiger partial charge in [-0.2, -0.15) is 0 Å². The third kappa shape index (κ3) is 3.94. The highest BCUT2D eigenvalue weighted by Crippen LogP contribution is 2.30. The average Bonchev–Trinajstić information content (AvgIpc) is 3.38. The highest BCUT2D eigenvalue weighted by molar-refractivity contribution is 8.00. The highest BCUT2D eigenvalue weighted by Gasteiger charge is 2.24. The van der Waals surface area contributed by atoms with Crippen molar-refractivity contribution in [2.75, 3.05) is 12.4 Å². The summed E-state index contributed by atoms with van der Waals surface area (Å²) in [7, 11) is 1.46. The number of imide groups is 1. The molecular formula is C16H19N5O2S. The summed E-state index contributed by atoms with van der Waals surface area (Å²) < 4.78 is 0. The molecule has 0 saturated heterocycles. The number of nitrogens with zero attached hydrogens (tertiary/aromatic N) is 2. The van der Waals surface area contributed by atoms with Crippen molar-refractivity contribution in [3.8, 4) is 0 Å². The third-order valence-corrected chi connectivity index (χ3v) is 4.58. The van der Waals surface area contributed by atoms with Gasteiger partial charge in [-0.15, -0.1) is 0 Å². The number of anilines is 1. The Morgan fingerprint density at radius 3 is 2.71 bits per heavy atom. The van der Waals surface area contributed by atoms with Gasteiger partial charge < -0.3 is 10.6 Å². The molecule has 1 aromatic carbocycles. The third-order valence-electron chi connectivity index (χ3n) is 3.62. The summed E-state index contributed by atoms with van der Waals surface area (Å²) in [5.74, 6) is 0.414. The van der Waals surface area contributed by atoms with Crippen LogP contribution >= 0.6 is 11.8 Å². The zero-order valence-corrected chi connectivity index (χ0v) is 14.3. The highest BCUT2D eigenvalue weighted by atomic mass is 32.2. The summed E-state index contributed by atoms with van der Waals surface area (Å²) in [5, 5.41) is 9.02. The maximum atomic E-state index is 12.0. The first-order chi connectivity index (χ1) is 11.6. The normalized spacial score (nSPS) is 14.9. The lowest BCUT2D eigenvalue weighted by atomic mass is 10.2. The molecule has 3 amide bonds. The molecule has 8 heteroatoms. The molecule has 1 heterocycles. The van der Waals surface area contributed by atoms with Crippen LogP contribution in [0.4, 0.5) is 10.6 Å². The van der Waals surface area contributed by atoms with E-state index in [1.165, 1.54) is 18.8 Å². The number of thioether (sulfide) groups is 1. The molecule has 1 aliphatic carbocycles. The van der Waals surface area contributed by atoms with E-state index in [0.717, 1.165) is 29.6 Å². The van der Waals surface area contributed by atoms with Gasteiger partial charge >= 0.3 is 6.03 Å². The number of fused-ring (bicyclic) bond motifs is 1. The first-order valence-electron chi connectivity index (χ1n) is 7.79. The maximum Gasteiger partial charge on any atom is 0.321 e. The zero-order valence-electron chi connectivity index (χ0n) is 13.5. The first-order valence-corrected chi connectivity index (χ1v) is 8.67. The minimum Gasteiger partial charge on any atom is -0.367 e. The van der Waals surface area contributed by atoms with E-state index >= 15 is 0 Å². The van der Waals surface area contributed by atoms with Crippen molar-refractivity contribution in [1.29, 1.82) is 0 Å². The Morgan fingerprint density at radius 2 is 2.00 bits per heavy atom. The van der Waals surface area contributed by atoms with Gasteiger partial charge in [0.1, 0.15) is 5.82 Å². The molecule has 1 fully saturated rings. The largest absolute Gasteiger partial charge is 0.367 e. The molecule has 0 unspecified atom stereocenters. The summed E-state index contributed by atoms with van der Waals surface area (Å²) in [6, 6.07) is 7.73. The predicted octanol–water partition coefficient (Wildman–Crippen LogP) is 2.14. The van der Waals surface area contributed by atoms with Crippen molar-refractivity contribution in [2.24, 2.45) is 0 Å². The smallest absolute Gasteiger partial charge is 0.321 e. The first kappa shape index (κ1) is 16.5. The average molecular weight is 345 g/mol. The molecule has 0 aliphatic heterocycles. The van der Waals surface area contributed by atoms with E-state index in [1.807, 2.05) is 24.3 Å². The number of rotatable bonds is 5. The van der Waals surface area contributed by atoms with Crippen LogP contribution in [0, 0.1) is 0 Å². The summed E-state index contributed by atoms with van der Waals surface area (Å²) >= 11 is 1.23. The molecule has 3 N–H and O–H groups in total. The number of carbonyl (C=O) groups excluding carboxylic acids is 2. The molecule has 24 heavy (non-hydrogen) atoms. The molecule has 7 nitrogen and oxygen atoms in total. The zero-order chi connectivity index (χ0) is 17.1. The fourth-order valence-corrected chi connectivity index (χ4v) is 2.90. The van der Waals surface area contributed by atoms with Crippen molar-refractivity contribution in [3.05, 3.63) is 24.3 Å². The summed E-state index contributed by atoms with van der Waals surface area (Å²) in [5.41, 5.74) is 0.831. The number of carbonyl (C=O) groups is 2. The van der Waals surface area contributed by atoms with Crippen molar-refractivity contribution in [3.63, 3.8) is 0 Å². The number of urea groups is 1. The van der Waals surface area contributed by atoms with Crippen molar-refractivity contribution in [1.82, 2.24) is 20.6 Å². The summed E-state index contributed by atoms with van der Waals surface area (Å²) in [6.07, 6.45) is 2.29. The van der Waals surface area contributed by atoms with E-state index in [0.29, 0.717) is 11.2 Å². The van der Waals surface area contributed by atoms with Gasteiger partial charge in [0.15, 0.2) is 5.16 Å². The number of nitrogens with one attached hydrogen (secondary N) is 3. The van der Waals surface area contributed by atoms with Gasteiger partial charge in [-0.05, 0) is 31.9 Å². The van der Waals surface area contributed by atoms with Gasteiger partial charge in [0, 0.05) is 18.5 Å². The SMILES string of the molecule is CNC(=O)NC(=O)[C@H](C)Sc1nc(NC2CC2)c2ccccc2n1. The minimum absolute atomic E-state index is 0.382. The molecule has 1 aromatic heterocycles. The molecule has 2 aromatic rings. The number of hydrogen-bond donors (Lipinski definition) is 3. The van der Waals surface area contributed by atoms with Gasteiger partial charge in [0.25, 0.3) is 0 Å². The molecule has 126 valence electrons. The molecule has 0 bridgehead atoms. The van der Waals surface area contributed by atoms with Gasteiger partial charge in [0.2, 0.25) is 5.91 Å². The predicted molar refractivity (Wildman–Crippen MR) is 94.1 cm³/mol. The fourth-order valence-electron chi connectivity index (χ4n) is 2.13. The van der Waals surface area contributed by atoms with Crippen molar-refractivity contribution < 1.29 is 9.59 Å². The lowest BCUT2D eigenvalue weighted by molar-refractivity contribution is -0.119. The second-order valence-corrected chi connectivity index (χ2v) is 6.93. The van der Waals surface area contributed by atoms with Crippen LogP contribution in [0.3, 0.4) is 0 Å². The molecule has 3 rings (SSSR count). The Morgan fingerprint density at radius 1 is 1.25 bits per heavy atom. The van der Waals surface area contributed by atoms with E-state index in [4.69, 9.17) is 0 Å². The van der Waals surface area contributed by atoms with Gasteiger partial charge in [-0.25, -0.2) is 14.8 Å². The Hall–Kier alpha value is -2.35. The Bertz CT molecular complexity index is 778. The topological polar surface area (TPSA) is 96.0 Å². The van der Waals surface area contributed by atoms with Gasteiger partial charge in [0.05, 0.1) is 10.8 Å². The van der Waals surface area contributed by atoms with Crippen LogP contribution in [-0.2, 0) is 4.79 Å². The second kappa shape index (κ2) is 7.04. The lowest BCUT2D eigenvalue weighted by Gasteiger charge is -2.13. The van der Waals surface area contributed by atoms with E-state index in [2.05, 4.69) is 25.9 Å². The molecular weight excluding hydrogens is 326 g/mol. The van der Waals surface area contributed by atoms with E-state index in [-0.39, 0.29) is 5.91 Å². The lowest BCUT2D eigenvalue weighted by Crippen LogP contribution is -2.41. The summed E-state index contributed by atoms with van der Waals surface area (Å²) in [6.45, 7) is 1.72. The fraction of sp³-hybridized carbons (Fsp3) is 0.375. The van der Waals surface area contributed by atoms with Crippen LogP contribution in [0.1, 0.15) is 19.8 Å². The molecule has 0 spiro atoms. The van der Waals surface area contributed by atoms with Gasteiger partial charge in [-0.1, -0.05) is 23.9 Å². The van der Waals surface area contributed by atoms with E-state index in [9.17, 15) is 9.59 Å². The molecule has 1 saturated carbocycles. The van der Waals surface area contributed by atoms with Crippen LogP contribution in [0.5, 0.6) is 0 Å². The van der Waals surface area contributed by atoms with Crippen LogP contribution in [-0.4, -0.2) is 40.2 Å². The standard InChI is InChI=1S/C16H19N5O2S/c1-9(14(22)21-15(23)17-2)24-16-19-12-6-4-3-5-11(12)13(20-16)18-10-7-8-10/h3-6,9-10H,7-8H2,1-2H3,(H,18,19,20)(H2,17,21,22,23)/t9-/m0/s1. The maximum absolute atomic E-state index is 12.0. The summed E-state index contributed by atoms with van der Waals surface area (Å²) in [4.78, 5) is 32.3. The van der Waals surface area contributed by atoms with E-state index in [1.54, 1.807) is 6.92 Å². The quantitative estimate of drug-likeness (QED) is 0.567. The molecule has 1 atom stereocenters. The molecule has 1 aliphatic rings. The van der Waals surface area contributed by atoms with Gasteiger partial charge in [-0.3, -0.25) is 10.1 Å².